The number of carboxylic acids is 1. The average Bonchev–Trinajstić information content (AvgIpc) is 2.53. The number of nitriles is 1. The van der Waals surface area contributed by atoms with Crippen LogP contribution >= 0.6 is 0 Å². The summed E-state index contributed by atoms with van der Waals surface area (Å²) in [6.07, 6.45) is 1.73. The fourth-order valence-electron chi connectivity index (χ4n) is 1.87. The first-order valence-electron chi connectivity index (χ1n) is 6.23. The van der Waals surface area contributed by atoms with Gasteiger partial charge in [-0.15, -0.1) is 0 Å². The molecule has 1 N–H and O–H groups in total. The Morgan fingerprint density at radius 1 is 1.19 bits per heavy atom. The summed E-state index contributed by atoms with van der Waals surface area (Å²) in [5, 5.41) is 18.2. The summed E-state index contributed by atoms with van der Waals surface area (Å²) in [4.78, 5) is 10.8. The number of carbonyl (C=O) groups is 1. The average molecular weight is 279 g/mol. The molecule has 2 aromatic carbocycles. The van der Waals surface area contributed by atoms with Crippen molar-refractivity contribution in [2.75, 3.05) is 7.11 Å². The lowest BCUT2D eigenvalue weighted by atomic mass is 10.0. The van der Waals surface area contributed by atoms with Crippen LogP contribution in [0.25, 0.3) is 11.6 Å². The van der Waals surface area contributed by atoms with Crippen LogP contribution in [-0.2, 0) is 0 Å². The number of benzene rings is 2. The lowest BCUT2D eigenvalue weighted by molar-refractivity contribution is 0.0697. The number of nitrogens with zero attached hydrogens (tertiary/aromatic N) is 1. The van der Waals surface area contributed by atoms with Gasteiger partial charge in [-0.25, -0.2) is 4.79 Å². The van der Waals surface area contributed by atoms with E-state index in [4.69, 9.17) is 9.84 Å². The van der Waals surface area contributed by atoms with Crippen molar-refractivity contribution in [3.63, 3.8) is 0 Å². The lowest BCUT2D eigenvalue weighted by Gasteiger charge is -2.03. The number of hydrogen-bond donors (Lipinski definition) is 1. The normalized spacial score (nSPS) is 10.8. The highest BCUT2D eigenvalue weighted by atomic mass is 16.5. The van der Waals surface area contributed by atoms with Gasteiger partial charge in [0.15, 0.2) is 0 Å². The van der Waals surface area contributed by atoms with Crippen molar-refractivity contribution in [1.82, 2.24) is 0 Å². The summed E-state index contributed by atoms with van der Waals surface area (Å²) in [5.74, 6) is -0.279. The van der Waals surface area contributed by atoms with E-state index in [1.807, 2.05) is 24.3 Å². The van der Waals surface area contributed by atoms with Crippen LogP contribution in [0, 0.1) is 11.3 Å². The van der Waals surface area contributed by atoms with E-state index >= 15 is 0 Å². The second kappa shape index (κ2) is 6.40. The molecule has 0 fully saturated rings. The van der Waals surface area contributed by atoms with Crippen LogP contribution in [-0.4, -0.2) is 18.2 Å². The minimum absolute atomic E-state index is 0.192. The second-order valence-corrected chi connectivity index (χ2v) is 4.33. The third-order valence-corrected chi connectivity index (χ3v) is 2.97. The van der Waals surface area contributed by atoms with E-state index in [0.717, 1.165) is 5.56 Å². The zero-order valence-electron chi connectivity index (χ0n) is 11.4. The highest BCUT2D eigenvalue weighted by Crippen LogP contribution is 2.21. The van der Waals surface area contributed by atoms with E-state index in [9.17, 15) is 10.1 Å². The molecule has 0 saturated heterocycles. The molecule has 0 atom stereocenters. The van der Waals surface area contributed by atoms with Gasteiger partial charge in [0.05, 0.1) is 24.3 Å². The minimum atomic E-state index is -0.989. The quantitative estimate of drug-likeness (QED) is 0.687. The zero-order chi connectivity index (χ0) is 15.2. The van der Waals surface area contributed by atoms with E-state index in [1.54, 1.807) is 25.3 Å². The van der Waals surface area contributed by atoms with Crippen molar-refractivity contribution in [2.45, 2.75) is 0 Å². The summed E-state index contributed by atoms with van der Waals surface area (Å²) >= 11 is 0. The molecule has 0 spiro atoms. The van der Waals surface area contributed by atoms with Gasteiger partial charge < -0.3 is 9.84 Å². The molecule has 0 aromatic heterocycles. The van der Waals surface area contributed by atoms with E-state index in [2.05, 4.69) is 6.07 Å². The molecule has 0 amide bonds. The Morgan fingerprint density at radius 2 is 1.86 bits per heavy atom. The van der Waals surface area contributed by atoms with Gasteiger partial charge in [-0.05, 0) is 41.5 Å². The number of rotatable bonds is 4. The van der Waals surface area contributed by atoms with Crippen LogP contribution in [0.1, 0.15) is 21.5 Å². The predicted octanol–water partition coefficient (Wildman–Crippen LogP) is 3.46. The highest BCUT2D eigenvalue weighted by molar-refractivity contribution is 5.92. The van der Waals surface area contributed by atoms with Crippen molar-refractivity contribution in [2.24, 2.45) is 0 Å². The SMILES string of the molecule is COc1cccc(/C=C(/C#N)c2ccc(C(=O)O)cc2)c1. The number of methoxy groups -OCH3 is 1. The van der Waals surface area contributed by atoms with E-state index in [-0.39, 0.29) is 5.56 Å². The maximum atomic E-state index is 10.8. The largest absolute Gasteiger partial charge is 0.497 e. The third kappa shape index (κ3) is 3.48. The molecule has 0 unspecified atom stereocenters. The molecule has 2 aromatic rings. The summed E-state index contributed by atoms with van der Waals surface area (Å²) in [6.45, 7) is 0. The van der Waals surface area contributed by atoms with Crippen molar-refractivity contribution < 1.29 is 14.6 Å². The number of allylic oxidation sites excluding steroid dienone is 1. The maximum absolute atomic E-state index is 10.8. The second-order valence-electron chi connectivity index (χ2n) is 4.33. The molecule has 0 aliphatic heterocycles. The molecule has 4 nitrogen and oxygen atoms in total. The molecule has 0 heterocycles. The Kier molecular flexibility index (Phi) is 4.37. The first-order chi connectivity index (χ1) is 10.1. The molecule has 0 bridgehead atoms. The van der Waals surface area contributed by atoms with Crippen LogP contribution in [0.15, 0.2) is 48.5 Å². The Hall–Kier alpha value is -3.06. The molecule has 2 rings (SSSR count). The molecule has 0 aliphatic carbocycles. The van der Waals surface area contributed by atoms with Crippen molar-refractivity contribution in [1.29, 1.82) is 5.26 Å². The van der Waals surface area contributed by atoms with E-state index in [1.165, 1.54) is 12.1 Å². The lowest BCUT2D eigenvalue weighted by Crippen LogP contribution is -1.95. The first kappa shape index (κ1) is 14.4. The topological polar surface area (TPSA) is 70.3 Å². The summed E-state index contributed by atoms with van der Waals surface area (Å²) < 4.78 is 5.14. The molecule has 104 valence electrons. The third-order valence-electron chi connectivity index (χ3n) is 2.97. The molecule has 4 heteroatoms. The Morgan fingerprint density at radius 3 is 2.43 bits per heavy atom. The Balaban J connectivity index is 2.36. The summed E-state index contributed by atoms with van der Waals surface area (Å²) in [5.41, 5.74) is 2.16. The van der Waals surface area contributed by atoms with Crippen LogP contribution in [0.3, 0.4) is 0 Å². The van der Waals surface area contributed by atoms with Gasteiger partial charge in [-0.2, -0.15) is 5.26 Å². The number of carboxylic acid groups (broad SMARTS) is 1. The fraction of sp³-hybridized carbons (Fsp3) is 0.0588. The van der Waals surface area contributed by atoms with Gasteiger partial charge in [0, 0.05) is 0 Å². The van der Waals surface area contributed by atoms with Gasteiger partial charge in [0.25, 0.3) is 0 Å². The summed E-state index contributed by atoms with van der Waals surface area (Å²) in [6, 6.07) is 15.7. The number of hydrogen-bond acceptors (Lipinski definition) is 3. The van der Waals surface area contributed by atoms with Crippen LogP contribution in [0.5, 0.6) is 5.75 Å². The highest BCUT2D eigenvalue weighted by Gasteiger charge is 2.05. The standard InChI is InChI=1S/C17H13NO3/c1-21-16-4-2-3-12(10-16)9-15(11-18)13-5-7-14(8-6-13)17(19)20/h2-10H,1H3,(H,19,20)/b15-9-. The maximum Gasteiger partial charge on any atom is 0.335 e. The fourth-order valence-corrected chi connectivity index (χ4v) is 1.87. The molecule has 21 heavy (non-hydrogen) atoms. The zero-order valence-corrected chi connectivity index (χ0v) is 11.4. The van der Waals surface area contributed by atoms with Crippen LogP contribution in [0.4, 0.5) is 0 Å². The molecule has 0 aliphatic rings. The van der Waals surface area contributed by atoms with Gasteiger partial charge in [-0.1, -0.05) is 24.3 Å². The van der Waals surface area contributed by atoms with E-state index < -0.39 is 5.97 Å². The minimum Gasteiger partial charge on any atom is -0.497 e. The van der Waals surface area contributed by atoms with Gasteiger partial charge in [-0.3, -0.25) is 0 Å². The monoisotopic (exact) mass is 279 g/mol. The van der Waals surface area contributed by atoms with Gasteiger partial charge in [0.2, 0.25) is 0 Å². The predicted molar refractivity (Wildman–Crippen MR) is 79.9 cm³/mol. The van der Waals surface area contributed by atoms with Crippen LogP contribution in [0.2, 0.25) is 0 Å². The Bertz CT molecular complexity index is 724. The van der Waals surface area contributed by atoms with E-state index in [0.29, 0.717) is 16.9 Å². The van der Waals surface area contributed by atoms with Crippen molar-refractivity contribution >= 4 is 17.6 Å². The summed E-state index contributed by atoms with van der Waals surface area (Å²) in [7, 11) is 1.58. The molecule has 0 radical (unpaired) electrons. The van der Waals surface area contributed by atoms with Crippen molar-refractivity contribution in [3.05, 3.63) is 65.2 Å². The first-order valence-corrected chi connectivity index (χ1v) is 6.23. The smallest absolute Gasteiger partial charge is 0.335 e. The number of aromatic carboxylic acids is 1. The molecule has 0 saturated carbocycles. The van der Waals surface area contributed by atoms with Gasteiger partial charge >= 0.3 is 5.97 Å². The van der Waals surface area contributed by atoms with Crippen molar-refractivity contribution in [3.8, 4) is 11.8 Å². The molecular weight excluding hydrogens is 266 g/mol. The molecular formula is C17H13NO3. The Labute approximate surface area is 122 Å². The van der Waals surface area contributed by atoms with Gasteiger partial charge in [0.1, 0.15) is 5.75 Å². The number of ether oxygens (including phenoxy) is 1. The van der Waals surface area contributed by atoms with Crippen LogP contribution < -0.4 is 4.74 Å².